The Balaban J connectivity index is 1.65. The van der Waals surface area contributed by atoms with Crippen molar-refractivity contribution in [2.75, 3.05) is 6.54 Å². The summed E-state index contributed by atoms with van der Waals surface area (Å²) in [6.07, 6.45) is -0.792. The number of rotatable bonds is 5. The molecule has 2 aliphatic heterocycles. The molecular weight excluding hydrogens is 499 g/mol. The Morgan fingerprint density at radius 3 is 2.71 bits per heavy atom. The van der Waals surface area contributed by atoms with Crippen molar-refractivity contribution in [2.24, 2.45) is 5.73 Å². The van der Waals surface area contributed by atoms with Gasteiger partial charge in [-0.05, 0) is 38.5 Å². The molecule has 3 N–H and O–H groups in total. The van der Waals surface area contributed by atoms with Crippen molar-refractivity contribution in [3.8, 4) is 17.1 Å². The van der Waals surface area contributed by atoms with Crippen LogP contribution in [0.1, 0.15) is 43.9 Å². The van der Waals surface area contributed by atoms with E-state index in [1.165, 1.54) is 10.6 Å². The topological polar surface area (TPSA) is 152 Å². The van der Waals surface area contributed by atoms with Gasteiger partial charge in [0.15, 0.2) is 11.6 Å². The molecule has 0 saturated carbocycles. The number of hydrogen-bond acceptors (Lipinski definition) is 9. The maximum Gasteiger partial charge on any atom is 0.408 e. The van der Waals surface area contributed by atoms with Gasteiger partial charge in [-0.25, -0.2) is 19.0 Å². The molecule has 0 bridgehead atoms. The van der Waals surface area contributed by atoms with Gasteiger partial charge in [-0.15, -0.1) is 0 Å². The first-order chi connectivity index (χ1) is 18.1. The van der Waals surface area contributed by atoms with Crippen LogP contribution in [0.3, 0.4) is 0 Å². The Bertz CT molecular complexity index is 1580. The van der Waals surface area contributed by atoms with E-state index in [1.807, 2.05) is 0 Å². The number of pyridine rings is 2. The summed E-state index contributed by atoms with van der Waals surface area (Å²) in [6, 6.07) is 5.56. The molecule has 4 heterocycles. The summed E-state index contributed by atoms with van der Waals surface area (Å²) < 4.78 is 32.0. The fourth-order valence-electron chi connectivity index (χ4n) is 4.81. The summed E-state index contributed by atoms with van der Waals surface area (Å²) in [4.78, 5) is 55.2. The van der Waals surface area contributed by atoms with E-state index in [2.05, 4.69) is 10.3 Å². The minimum atomic E-state index is -1.82. The average Bonchev–Trinajstić information content (AvgIpc) is 3.22. The van der Waals surface area contributed by atoms with Crippen molar-refractivity contribution in [3.63, 3.8) is 0 Å². The normalized spacial score (nSPS) is 17.5. The molecule has 198 valence electrons. The number of benzene rings is 1. The first-order valence-electron chi connectivity index (χ1n) is 12.1. The second kappa shape index (κ2) is 9.21. The number of alkyl carbamates (subject to hydrolysis) is 1. The monoisotopic (exact) mass is 524 g/mol. The first kappa shape index (κ1) is 25.3. The molecule has 0 spiro atoms. The van der Waals surface area contributed by atoms with Gasteiger partial charge >= 0.3 is 18.0 Å². The molecule has 1 aromatic carbocycles. The predicted octanol–water partition coefficient (Wildman–Crippen LogP) is 2.23. The number of fused-ring (bicyclic) bond motifs is 5. The highest BCUT2D eigenvalue weighted by molar-refractivity contribution is 5.89. The lowest BCUT2D eigenvalue weighted by atomic mass is 9.85. The highest BCUT2D eigenvalue weighted by Gasteiger charge is 2.50. The minimum absolute atomic E-state index is 0.0285. The Morgan fingerprint density at radius 2 is 2.03 bits per heavy atom. The fraction of sp³-hybridized carbons (Fsp3) is 0.346. The maximum absolute atomic E-state index is 14.6. The van der Waals surface area contributed by atoms with E-state index in [1.54, 1.807) is 32.9 Å². The van der Waals surface area contributed by atoms with Crippen LogP contribution in [0.15, 0.2) is 29.1 Å². The molecule has 12 heteroatoms. The quantitative estimate of drug-likeness (QED) is 0.296. The molecule has 11 nitrogen and oxygen atoms in total. The Morgan fingerprint density at radius 1 is 1.26 bits per heavy atom. The van der Waals surface area contributed by atoms with Gasteiger partial charge in [0.25, 0.3) is 5.56 Å². The van der Waals surface area contributed by atoms with E-state index < -0.39 is 41.6 Å². The van der Waals surface area contributed by atoms with Crippen LogP contribution in [0.4, 0.5) is 9.18 Å². The molecule has 2 aliphatic rings. The molecule has 38 heavy (non-hydrogen) atoms. The summed E-state index contributed by atoms with van der Waals surface area (Å²) in [6.45, 7) is 4.63. The van der Waals surface area contributed by atoms with E-state index >= 15 is 0 Å². The number of ether oxygens (including phenoxy) is 3. The number of nitrogens with two attached hydrogens (primary N) is 1. The summed E-state index contributed by atoms with van der Waals surface area (Å²) in [5, 5.41) is 3.08. The van der Waals surface area contributed by atoms with Crippen LogP contribution < -0.4 is 21.3 Å². The molecule has 5 rings (SSSR count). The highest BCUT2D eigenvalue weighted by atomic mass is 19.1. The van der Waals surface area contributed by atoms with E-state index in [9.17, 15) is 23.6 Å². The lowest BCUT2D eigenvalue weighted by Gasteiger charge is -2.35. The predicted molar refractivity (Wildman–Crippen MR) is 132 cm³/mol. The number of hydrogen-bond donors (Lipinski definition) is 2. The van der Waals surface area contributed by atoms with Crippen LogP contribution >= 0.6 is 0 Å². The Hall–Kier alpha value is -4.32. The third kappa shape index (κ3) is 3.97. The van der Waals surface area contributed by atoms with Crippen LogP contribution in [0.25, 0.3) is 22.3 Å². The van der Waals surface area contributed by atoms with Crippen molar-refractivity contribution in [1.29, 1.82) is 0 Å². The van der Waals surface area contributed by atoms with E-state index in [0.717, 1.165) is 6.07 Å². The maximum atomic E-state index is 14.6. The molecule has 0 unspecified atom stereocenters. The first-order valence-corrected chi connectivity index (χ1v) is 12.1. The molecule has 3 aromatic rings. The zero-order valence-corrected chi connectivity index (χ0v) is 20.9. The zero-order valence-electron chi connectivity index (χ0n) is 20.9. The van der Waals surface area contributed by atoms with Crippen LogP contribution in [0.2, 0.25) is 0 Å². The van der Waals surface area contributed by atoms with E-state index in [0.29, 0.717) is 22.3 Å². The Labute approximate surface area is 215 Å². The molecule has 0 radical (unpaired) electrons. The van der Waals surface area contributed by atoms with Gasteiger partial charge in [0.1, 0.15) is 6.61 Å². The van der Waals surface area contributed by atoms with Gasteiger partial charge < -0.3 is 29.8 Å². The molecule has 0 aliphatic carbocycles. The van der Waals surface area contributed by atoms with Gasteiger partial charge in [0.05, 0.1) is 35.6 Å². The number of amides is 1. The number of nitrogens with zero attached hydrogens (tertiary/aromatic N) is 2. The van der Waals surface area contributed by atoms with Crippen molar-refractivity contribution >= 4 is 28.9 Å². The SMILES string of the molecule is CC[C@@]1(OC(=O)NC(C)C)C(=O)OCc2c1cc1n(c2=O)Cc2cc3cc(OC(=O)CN)c(F)cc3nc2-1. The lowest BCUT2D eigenvalue weighted by Crippen LogP contribution is -2.49. The van der Waals surface area contributed by atoms with Crippen molar-refractivity contribution in [1.82, 2.24) is 14.9 Å². The molecule has 1 amide bonds. The van der Waals surface area contributed by atoms with Gasteiger partial charge in [-0.1, -0.05) is 6.92 Å². The van der Waals surface area contributed by atoms with E-state index in [-0.39, 0.29) is 48.0 Å². The number of nitrogens with one attached hydrogen (secondary N) is 1. The van der Waals surface area contributed by atoms with Gasteiger partial charge in [0, 0.05) is 28.6 Å². The minimum Gasteiger partial charge on any atom is -0.457 e. The van der Waals surface area contributed by atoms with Crippen LogP contribution in [0.5, 0.6) is 5.75 Å². The van der Waals surface area contributed by atoms with E-state index in [4.69, 9.17) is 19.9 Å². The third-order valence-corrected chi connectivity index (χ3v) is 6.59. The second-order valence-electron chi connectivity index (χ2n) is 9.41. The summed E-state index contributed by atoms with van der Waals surface area (Å²) in [7, 11) is 0. The summed E-state index contributed by atoms with van der Waals surface area (Å²) >= 11 is 0. The van der Waals surface area contributed by atoms with Gasteiger partial charge in [-0.2, -0.15) is 0 Å². The standard InChI is InChI=1S/C26H25FN4O7/c1-4-26(38-25(35)29-12(2)3)16-7-19-22-14(10-31(19)23(33)15(16)11-36-24(26)34)5-13-6-20(37-21(32)9-28)17(27)8-18(13)30-22/h5-8,12H,4,9-11,28H2,1-3H3,(H,29,35)/t26-/m0/s1. The highest BCUT2D eigenvalue weighted by Crippen LogP contribution is 2.41. The third-order valence-electron chi connectivity index (χ3n) is 6.59. The van der Waals surface area contributed by atoms with Gasteiger partial charge in [-0.3, -0.25) is 9.59 Å². The summed E-state index contributed by atoms with van der Waals surface area (Å²) in [5.41, 5.74) is 5.18. The molecule has 0 fully saturated rings. The lowest BCUT2D eigenvalue weighted by molar-refractivity contribution is -0.172. The molecular formula is C26H25FN4O7. The molecule has 0 saturated heterocycles. The number of carbonyl (C=O) groups excluding carboxylic acids is 3. The number of cyclic esters (lactones) is 1. The fourth-order valence-corrected chi connectivity index (χ4v) is 4.81. The number of esters is 2. The Kier molecular flexibility index (Phi) is 6.14. The van der Waals surface area contributed by atoms with Crippen LogP contribution in [-0.2, 0) is 37.8 Å². The largest absolute Gasteiger partial charge is 0.457 e. The smallest absolute Gasteiger partial charge is 0.408 e. The van der Waals surface area contributed by atoms with Crippen LogP contribution in [-0.4, -0.2) is 40.2 Å². The molecule has 2 aromatic heterocycles. The number of halogens is 1. The second-order valence-corrected chi connectivity index (χ2v) is 9.41. The number of carbonyl (C=O) groups is 3. The molecule has 1 atom stereocenters. The summed E-state index contributed by atoms with van der Waals surface area (Å²) in [5.74, 6) is -2.65. The van der Waals surface area contributed by atoms with Gasteiger partial charge in [0.2, 0.25) is 5.60 Å². The van der Waals surface area contributed by atoms with Crippen molar-refractivity contribution < 1.29 is 33.0 Å². The van der Waals surface area contributed by atoms with Crippen molar-refractivity contribution in [3.05, 3.63) is 57.1 Å². The number of aromatic nitrogens is 2. The van der Waals surface area contributed by atoms with Crippen LogP contribution in [0, 0.1) is 5.82 Å². The average molecular weight is 525 g/mol. The van der Waals surface area contributed by atoms with Crippen molar-refractivity contribution in [2.45, 2.75) is 52.0 Å². The zero-order chi connectivity index (χ0) is 27.4.